The average molecular weight is 316 g/mol. The van der Waals surface area contributed by atoms with Gasteiger partial charge in [-0.2, -0.15) is 0 Å². The van der Waals surface area contributed by atoms with Crippen molar-refractivity contribution in [3.63, 3.8) is 0 Å². The highest BCUT2D eigenvalue weighted by atomic mass is 16.5. The summed E-state index contributed by atoms with van der Waals surface area (Å²) in [5.74, 6) is -0.643. The molecule has 1 N–H and O–H groups in total. The molecule has 6 nitrogen and oxygen atoms in total. The van der Waals surface area contributed by atoms with E-state index in [1.165, 1.54) is 6.92 Å². The van der Waals surface area contributed by atoms with Gasteiger partial charge >= 0.3 is 5.97 Å². The van der Waals surface area contributed by atoms with E-state index in [0.717, 1.165) is 11.3 Å². The van der Waals surface area contributed by atoms with Gasteiger partial charge in [-0.3, -0.25) is 14.4 Å². The molecule has 0 spiro atoms. The van der Waals surface area contributed by atoms with E-state index in [0.29, 0.717) is 42.0 Å². The predicted molar refractivity (Wildman–Crippen MR) is 83.3 cm³/mol. The maximum absolute atomic E-state index is 12.8. The molecule has 1 aromatic rings. The fourth-order valence-electron chi connectivity index (χ4n) is 3.60. The zero-order valence-electron chi connectivity index (χ0n) is 13.8. The summed E-state index contributed by atoms with van der Waals surface area (Å²) in [7, 11) is 0. The lowest BCUT2D eigenvalue weighted by Gasteiger charge is -2.19. The number of carbonyl (C=O) groups excluding carboxylic acids is 3. The Balaban J connectivity index is 2.16. The van der Waals surface area contributed by atoms with Crippen LogP contribution in [0.4, 0.5) is 0 Å². The van der Waals surface area contributed by atoms with Gasteiger partial charge in [0.05, 0.1) is 17.0 Å². The number of ether oxygens (including phenoxy) is 1. The molecule has 0 fully saturated rings. The number of rotatable bonds is 3. The molecule has 2 heterocycles. The standard InChI is InChI=1S/C17H20N2O4/c1-5-18-13-9(3)16(21)15-12(17(13)22)8(2)14-11(23-10(4)20)6-7-19(14)15/h11,18H,5-7H2,1-4H3. The maximum Gasteiger partial charge on any atom is 0.303 e. The number of nitrogens with one attached hydrogen (secondary N) is 1. The quantitative estimate of drug-likeness (QED) is 0.864. The number of likely N-dealkylation sites (N-methyl/N-ethyl adjacent to an activating group) is 1. The molecule has 2 aliphatic rings. The molecule has 0 amide bonds. The first-order valence-electron chi connectivity index (χ1n) is 7.82. The van der Waals surface area contributed by atoms with Crippen LogP contribution in [0.2, 0.25) is 0 Å². The van der Waals surface area contributed by atoms with E-state index < -0.39 is 0 Å². The van der Waals surface area contributed by atoms with Crippen LogP contribution in [0.15, 0.2) is 11.3 Å². The van der Waals surface area contributed by atoms with Gasteiger partial charge in [0.15, 0.2) is 0 Å². The summed E-state index contributed by atoms with van der Waals surface area (Å²) < 4.78 is 7.21. The Kier molecular flexibility index (Phi) is 3.62. The normalized spacial score (nSPS) is 19.7. The van der Waals surface area contributed by atoms with Crippen LogP contribution in [-0.4, -0.2) is 28.6 Å². The number of hydrogen-bond acceptors (Lipinski definition) is 5. The molecule has 0 bridgehead atoms. The molecule has 0 radical (unpaired) electrons. The van der Waals surface area contributed by atoms with E-state index in [9.17, 15) is 14.4 Å². The number of nitrogens with zero attached hydrogens (tertiary/aromatic N) is 1. The zero-order valence-corrected chi connectivity index (χ0v) is 13.8. The van der Waals surface area contributed by atoms with Crippen LogP contribution in [0, 0.1) is 6.92 Å². The van der Waals surface area contributed by atoms with Gasteiger partial charge in [-0.25, -0.2) is 0 Å². The third-order valence-corrected chi connectivity index (χ3v) is 4.52. The number of esters is 1. The number of Topliss-reactive ketones (excluding diaryl/α,β-unsaturated/α-hetero) is 2. The summed E-state index contributed by atoms with van der Waals surface area (Å²) in [6.07, 6.45) is 0.245. The number of fused-ring (bicyclic) bond motifs is 3. The first-order chi connectivity index (χ1) is 10.9. The van der Waals surface area contributed by atoms with Crippen molar-refractivity contribution in [1.82, 2.24) is 9.88 Å². The van der Waals surface area contributed by atoms with Crippen LogP contribution in [-0.2, 0) is 16.1 Å². The number of allylic oxidation sites excluding steroid dienone is 2. The number of carbonyl (C=O) groups is 3. The number of ketones is 2. The van der Waals surface area contributed by atoms with Crippen molar-refractivity contribution in [2.75, 3.05) is 6.54 Å². The Morgan fingerprint density at radius 3 is 2.61 bits per heavy atom. The second-order valence-electron chi connectivity index (χ2n) is 5.96. The van der Waals surface area contributed by atoms with Crippen molar-refractivity contribution in [1.29, 1.82) is 0 Å². The summed E-state index contributed by atoms with van der Waals surface area (Å²) in [6, 6.07) is 0. The first kappa shape index (κ1) is 15.5. The molecule has 3 rings (SSSR count). The molecule has 1 unspecified atom stereocenters. The minimum Gasteiger partial charge on any atom is -0.456 e. The topological polar surface area (TPSA) is 77.4 Å². The Bertz CT molecular complexity index is 770. The molecular formula is C17H20N2O4. The number of aromatic nitrogens is 1. The van der Waals surface area contributed by atoms with Gasteiger partial charge in [-0.15, -0.1) is 0 Å². The van der Waals surface area contributed by atoms with Gasteiger partial charge < -0.3 is 14.6 Å². The molecule has 0 saturated carbocycles. The Labute approximate surface area is 134 Å². The summed E-state index contributed by atoms with van der Waals surface area (Å²) in [6.45, 7) is 7.90. The van der Waals surface area contributed by atoms with Gasteiger partial charge in [-0.05, 0) is 26.3 Å². The molecule has 122 valence electrons. The SMILES string of the molecule is CCNC1=C(C)C(=O)c2c(c(C)c3n2CCC3OC(C)=O)C1=O. The van der Waals surface area contributed by atoms with Crippen molar-refractivity contribution < 1.29 is 19.1 Å². The molecule has 1 atom stereocenters. The third kappa shape index (κ3) is 2.12. The predicted octanol–water partition coefficient (Wildman–Crippen LogP) is 2.07. The number of hydrogen-bond donors (Lipinski definition) is 1. The van der Waals surface area contributed by atoms with E-state index in [-0.39, 0.29) is 23.6 Å². The fraction of sp³-hybridized carbons (Fsp3) is 0.471. The van der Waals surface area contributed by atoms with Crippen LogP contribution in [0.5, 0.6) is 0 Å². The Hall–Kier alpha value is -2.37. The van der Waals surface area contributed by atoms with Crippen LogP contribution in [0.25, 0.3) is 0 Å². The van der Waals surface area contributed by atoms with E-state index in [1.54, 1.807) is 6.92 Å². The molecule has 0 saturated heterocycles. The van der Waals surface area contributed by atoms with E-state index in [4.69, 9.17) is 4.74 Å². The van der Waals surface area contributed by atoms with Gasteiger partial charge in [0.25, 0.3) is 0 Å². The van der Waals surface area contributed by atoms with Crippen molar-refractivity contribution in [2.45, 2.75) is 46.8 Å². The minimum absolute atomic E-state index is 0.131. The lowest BCUT2D eigenvalue weighted by Crippen LogP contribution is -2.30. The van der Waals surface area contributed by atoms with Crippen molar-refractivity contribution >= 4 is 17.5 Å². The molecule has 1 aliphatic heterocycles. The maximum atomic E-state index is 12.8. The van der Waals surface area contributed by atoms with Crippen LogP contribution >= 0.6 is 0 Å². The van der Waals surface area contributed by atoms with Gasteiger partial charge in [0.1, 0.15) is 11.8 Å². The van der Waals surface area contributed by atoms with Crippen LogP contribution in [0.1, 0.15) is 65.4 Å². The van der Waals surface area contributed by atoms with E-state index in [1.807, 2.05) is 18.4 Å². The molecule has 0 aromatic carbocycles. The largest absolute Gasteiger partial charge is 0.456 e. The molecule has 6 heteroatoms. The third-order valence-electron chi connectivity index (χ3n) is 4.52. The lowest BCUT2D eigenvalue weighted by atomic mass is 9.90. The van der Waals surface area contributed by atoms with Crippen molar-refractivity contribution in [3.05, 3.63) is 33.8 Å². The monoisotopic (exact) mass is 316 g/mol. The van der Waals surface area contributed by atoms with Gasteiger partial charge in [0.2, 0.25) is 11.6 Å². The highest BCUT2D eigenvalue weighted by molar-refractivity contribution is 6.26. The van der Waals surface area contributed by atoms with Gasteiger partial charge in [0, 0.05) is 32.0 Å². The second-order valence-corrected chi connectivity index (χ2v) is 5.96. The summed E-state index contributed by atoms with van der Waals surface area (Å²) in [5, 5.41) is 3.01. The molecule has 1 aromatic heterocycles. The van der Waals surface area contributed by atoms with E-state index >= 15 is 0 Å². The molecule has 1 aliphatic carbocycles. The minimum atomic E-state index is -0.387. The summed E-state index contributed by atoms with van der Waals surface area (Å²) >= 11 is 0. The Morgan fingerprint density at radius 2 is 2.00 bits per heavy atom. The van der Waals surface area contributed by atoms with Crippen molar-refractivity contribution in [3.8, 4) is 0 Å². The highest BCUT2D eigenvalue weighted by Crippen LogP contribution is 2.40. The van der Waals surface area contributed by atoms with E-state index in [2.05, 4.69) is 5.32 Å². The van der Waals surface area contributed by atoms with Crippen LogP contribution in [0.3, 0.4) is 0 Å². The smallest absolute Gasteiger partial charge is 0.303 e. The molecule has 23 heavy (non-hydrogen) atoms. The highest BCUT2D eigenvalue weighted by Gasteiger charge is 2.41. The second kappa shape index (κ2) is 5.37. The lowest BCUT2D eigenvalue weighted by molar-refractivity contribution is -0.146. The fourth-order valence-corrected chi connectivity index (χ4v) is 3.60. The first-order valence-corrected chi connectivity index (χ1v) is 7.82. The summed E-state index contributed by atoms with van der Waals surface area (Å²) in [4.78, 5) is 36.9. The van der Waals surface area contributed by atoms with Crippen molar-refractivity contribution in [2.24, 2.45) is 0 Å². The van der Waals surface area contributed by atoms with Crippen LogP contribution < -0.4 is 5.32 Å². The molecular weight excluding hydrogens is 296 g/mol. The Morgan fingerprint density at radius 1 is 1.30 bits per heavy atom. The average Bonchev–Trinajstić information content (AvgIpc) is 3.01. The zero-order chi connectivity index (χ0) is 16.9. The van der Waals surface area contributed by atoms with Gasteiger partial charge in [-0.1, -0.05) is 0 Å². The summed E-state index contributed by atoms with van der Waals surface area (Å²) in [5.41, 5.74) is 3.23.